The molecule has 0 amide bonds. The summed E-state index contributed by atoms with van der Waals surface area (Å²) in [4.78, 5) is 3.86. The molecule has 2 radical (unpaired) electrons. The summed E-state index contributed by atoms with van der Waals surface area (Å²) in [5.41, 5.74) is 0. The molecule has 0 aliphatic heterocycles. The van der Waals surface area contributed by atoms with Crippen LogP contribution in [-0.4, -0.2) is 37.3 Å². The molecule has 86 valence electrons. The monoisotopic (exact) mass is 454 g/mol. The summed E-state index contributed by atoms with van der Waals surface area (Å²) in [6, 6.07) is 0. The Kier molecular flexibility index (Phi) is 17.5. The van der Waals surface area contributed by atoms with Crippen LogP contribution in [0.5, 0.6) is 0 Å². The molecule has 0 aliphatic rings. The van der Waals surface area contributed by atoms with E-state index in [1.807, 2.05) is 9.88 Å². The van der Waals surface area contributed by atoms with Crippen molar-refractivity contribution in [3.63, 3.8) is 0 Å². The Morgan fingerprint density at radius 3 is 1.43 bits per heavy atom. The second-order valence-corrected chi connectivity index (χ2v) is 29.6. The summed E-state index contributed by atoms with van der Waals surface area (Å²) in [6.45, 7) is 4.58. The summed E-state index contributed by atoms with van der Waals surface area (Å²) in [7, 11) is 11.0. The summed E-state index contributed by atoms with van der Waals surface area (Å²) < 4.78 is 3.25. The molecule has 0 aromatic heterocycles. The maximum atomic E-state index is 5.51. The minimum atomic E-state index is -2.24. The first-order valence-corrected chi connectivity index (χ1v) is 22.5. The van der Waals surface area contributed by atoms with E-state index < -0.39 is 16.1 Å². The molecule has 0 nitrogen and oxygen atoms in total. The van der Waals surface area contributed by atoms with E-state index in [-0.39, 0.29) is 21.1 Å². The maximum absolute atomic E-state index is 5.51. The van der Waals surface area contributed by atoms with Crippen LogP contribution in [0.15, 0.2) is 0 Å². The molecule has 0 heterocycles. The molecule has 0 atom stereocenters. The summed E-state index contributed by atoms with van der Waals surface area (Å²) in [6.07, 6.45) is 5.84. The first kappa shape index (κ1) is 18.5. The van der Waals surface area contributed by atoms with Gasteiger partial charge in [-0.2, -0.15) is 0 Å². The van der Waals surface area contributed by atoms with E-state index in [0.717, 1.165) is 0 Å². The van der Waals surface area contributed by atoms with Gasteiger partial charge >= 0.3 is 113 Å². The fraction of sp³-hybridized carbons (Fsp3) is 1.00. The molecular formula is C10H24Cl2Sn2. The van der Waals surface area contributed by atoms with Crippen LogP contribution in [0.1, 0.15) is 39.5 Å². The van der Waals surface area contributed by atoms with Gasteiger partial charge in [-0.15, -0.1) is 0 Å². The first-order valence-electron chi connectivity index (χ1n) is 5.50. The van der Waals surface area contributed by atoms with E-state index in [1.54, 1.807) is 8.87 Å². The van der Waals surface area contributed by atoms with Crippen LogP contribution in [0, 0.1) is 0 Å². The molecule has 0 aromatic rings. The molecule has 0 fully saturated rings. The van der Waals surface area contributed by atoms with Crippen LogP contribution >= 0.6 is 17.8 Å². The van der Waals surface area contributed by atoms with Crippen molar-refractivity contribution in [2.75, 3.05) is 0 Å². The number of hydrogen-bond donors (Lipinski definition) is 0. The van der Waals surface area contributed by atoms with Crippen LogP contribution in [0.4, 0.5) is 0 Å². The van der Waals surface area contributed by atoms with Crippen molar-refractivity contribution in [3.8, 4) is 0 Å². The van der Waals surface area contributed by atoms with Gasteiger partial charge in [0.2, 0.25) is 0 Å². The van der Waals surface area contributed by atoms with Crippen molar-refractivity contribution >= 4 is 55.1 Å². The van der Waals surface area contributed by atoms with Gasteiger partial charge in [-0.05, 0) is 0 Å². The van der Waals surface area contributed by atoms with Gasteiger partial charge in [-0.25, -0.2) is 0 Å². The average Bonchev–Trinajstić information content (AvgIpc) is 2.01. The van der Waals surface area contributed by atoms with Crippen LogP contribution < -0.4 is 0 Å². The summed E-state index contributed by atoms with van der Waals surface area (Å²) in [5.74, 6) is 0. The van der Waals surface area contributed by atoms with Crippen molar-refractivity contribution in [2.45, 2.75) is 58.3 Å². The summed E-state index contributed by atoms with van der Waals surface area (Å²) in [5, 5.41) is 0. The van der Waals surface area contributed by atoms with Gasteiger partial charge in [0.1, 0.15) is 0 Å². The topological polar surface area (TPSA) is 0 Å². The molecule has 0 unspecified atom stereocenters. The summed E-state index contributed by atoms with van der Waals surface area (Å²) >= 11 is -2.09. The number of halogens is 2. The second kappa shape index (κ2) is 13.2. The number of unbranched alkanes of at least 4 members (excludes halogenated alkanes) is 2. The predicted molar refractivity (Wildman–Crippen MR) is 74.4 cm³/mol. The molecule has 0 N–H and O–H groups in total. The Hall–Kier alpha value is 2.18. The molecule has 0 spiro atoms. The Balaban J connectivity index is 0. The molecule has 0 rings (SSSR count). The molecule has 0 saturated heterocycles. The van der Waals surface area contributed by atoms with Gasteiger partial charge < -0.3 is 0 Å². The fourth-order valence-corrected chi connectivity index (χ4v) is 4.89. The molecule has 14 heavy (non-hydrogen) atoms. The molecule has 0 aliphatic carbocycles. The zero-order valence-electron chi connectivity index (χ0n) is 10.00. The third-order valence-corrected chi connectivity index (χ3v) is 5.45. The van der Waals surface area contributed by atoms with Crippen molar-refractivity contribution in [3.05, 3.63) is 0 Å². The predicted octanol–water partition coefficient (Wildman–Crippen LogP) is 5.29. The molecule has 4 heteroatoms. The zero-order chi connectivity index (χ0) is 11.4. The van der Waals surface area contributed by atoms with Crippen molar-refractivity contribution in [2.24, 2.45) is 0 Å². The van der Waals surface area contributed by atoms with Gasteiger partial charge in [0.15, 0.2) is 0 Å². The molecule has 0 aromatic carbocycles. The van der Waals surface area contributed by atoms with E-state index in [4.69, 9.17) is 17.8 Å². The van der Waals surface area contributed by atoms with Gasteiger partial charge in [0, 0.05) is 0 Å². The Morgan fingerprint density at radius 2 is 1.21 bits per heavy atom. The van der Waals surface area contributed by atoms with Gasteiger partial charge in [-0.3, -0.25) is 0 Å². The van der Waals surface area contributed by atoms with Crippen molar-refractivity contribution < 1.29 is 0 Å². The number of rotatable bonds is 6. The van der Waals surface area contributed by atoms with Gasteiger partial charge in [-0.1, -0.05) is 0 Å². The van der Waals surface area contributed by atoms with Crippen LogP contribution in [0.3, 0.4) is 0 Å². The molecule has 0 saturated carbocycles. The van der Waals surface area contributed by atoms with Gasteiger partial charge in [0.25, 0.3) is 0 Å². The SMILES string of the molecule is CCC[CH2][Sn][CH2]CCC.[CH3][Sn]([CH3])([Cl])[Cl]. The Morgan fingerprint density at radius 1 is 0.929 bits per heavy atom. The van der Waals surface area contributed by atoms with Crippen LogP contribution in [0.25, 0.3) is 0 Å². The van der Waals surface area contributed by atoms with E-state index in [9.17, 15) is 0 Å². The number of hydrogen-bond acceptors (Lipinski definition) is 0. The molecule has 0 bridgehead atoms. The zero-order valence-corrected chi connectivity index (χ0v) is 17.2. The van der Waals surface area contributed by atoms with Crippen molar-refractivity contribution in [1.29, 1.82) is 0 Å². The quantitative estimate of drug-likeness (QED) is 0.379. The first-order chi connectivity index (χ1) is 6.41. The van der Waals surface area contributed by atoms with Gasteiger partial charge in [0.05, 0.1) is 0 Å². The van der Waals surface area contributed by atoms with E-state index in [0.29, 0.717) is 0 Å². The van der Waals surface area contributed by atoms with Crippen LogP contribution in [-0.2, 0) is 0 Å². The Labute approximate surface area is 112 Å². The second-order valence-electron chi connectivity index (χ2n) is 3.78. The minimum absolute atomic E-state index is 0.149. The van der Waals surface area contributed by atoms with E-state index >= 15 is 0 Å². The average molecular weight is 453 g/mol. The normalized spacial score (nSPS) is 10.7. The fourth-order valence-electron chi connectivity index (χ4n) is 0.729. The standard InChI is InChI=1S/2C4H9.2CH3.2ClH.2Sn/c2*1-3-4-2;;;;;;/h2*1,3-4H2,2H3;2*1H3;2*1H;;/q;;;;;;;+2/p-2. The van der Waals surface area contributed by atoms with E-state index in [1.165, 1.54) is 25.7 Å². The van der Waals surface area contributed by atoms with Crippen molar-refractivity contribution in [1.82, 2.24) is 0 Å². The third kappa shape index (κ3) is 36.8. The van der Waals surface area contributed by atoms with Crippen LogP contribution in [0.2, 0.25) is 18.8 Å². The Bertz CT molecular complexity index is 90.8. The third-order valence-electron chi connectivity index (χ3n) is 1.41. The van der Waals surface area contributed by atoms with E-state index in [2.05, 4.69) is 13.8 Å². The molecular weight excluding hydrogens is 428 g/mol.